The van der Waals surface area contributed by atoms with Crippen molar-refractivity contribution in [2.45, 2.75) is 6.54 Å². The minimum absolute atomic E-state index is 0.346. The summed E-state index contributed by atoms with van der Waals surface area (Å²) in [5, 5.41) is 0. The van der Waals surface area contributed by atoms with E-state index in [0.29, 0.717) is 31.9 Å². The van der Waals surface area contributed by atoms with Gasteiger partial charge in [0, 0.05) is 7.11 Å². The molecule has 0 aliphatic carbocycles. The molecule has 0 bridgehead atoms. The van der Waals surface area contributed by atoms with Gasteiger partial charge in [0.15, 0.2) is 5.58 Å². The molecule has 0 radical (unpaired) electrons. The number of benzene rings is 1. The number of fused-ring (bicyclic) bond motifs is 1. The highest BCUT2D eigenvalue weighted by Gasteiger charge is 2.07. The highest BCUT2D eigenvalue weighted by atomic mass is 16.5. The van der Waals surface area contributed by atoms with E-state index in [1.807, 2.05) is 18.2 Å². The van der Waals surface area contributed by atoms with E-state index >= 15 is 0 Å². The molecule has 0 fully saturated rings. The maximum Gasteiger partial charge on any atom is 0.420 e. The van der Waals surface area contributed by atoms with Gasteiger partial charge in [-0.25, -0.2) is 4.79 Å². The molecule has 0 N–H and O–H groups in total. The molecule has 1 aromatic carbocycles. The van der Waals surface area contributed by atoms with E-state index in [1.54, 1.807) is 17.7 Å². The number of para-hydroxylation sites is 2. The van der Waals surface area contributed by atoms with Crippen molar-refractivity contribution in [1.82, 2.24) is 4.57 Å². The van der Waals surface area contributed by atoms with Gasteiger partial charge in [0.2, 0.25) is 0 Å². The first-order valence-corrected chi connectivity index (χ1v) is 5.48. The van der Waals surface area contributed by atoms with Crippen LogP contribution in [0.15, 0.2) is 33.5 Å². The lowest BCUT2D eigenvalue weighted by atomic mass is 10.3. The molecule has 0 amide bonds. The highest BCUT2D eigenvalue weighted by Crippen LogP contribution is 2.11. The first kappa shape index (κ1) is 11.9. The van der Waals surface area contributed by atoms with Crippen LogP contribution in [0.1, 0.15) is 0 Å². The summed E-state index contributed by atoms with van der Waals surface area (Å²) >= 11 is 0. The first-order chi connectivity index (χ1) is 8.33. The Labute approximate surface area is 98.6 Å². The highest BCUT2D eigenvalue weighted by molar-refractivity contribution is 5.72. The predicted molar refractivity (Wildman–Crippen MR) is 63.2 cm³/mol. The van der Waals surface area contributed by atoms with Crippen molar-refractivity contribution in [1.29, 1.82) is 0 Å². The van der Waals surface area contributed by atoms with Crippen LogP contribution in [0.3, 0.4) is 0 Å². The van der Waals surface area contributed by atoms with Crippen molar-refractivity contribution in [3.63, 3.8) is 0 Å². The van der Waals surface area contributed by atoms with Gasteiger partial charge < -0.3 is 13.9 Å². The molecule has 0 aliphatic rings. The van der Waals surface area contributed by atoms with Crippen LogP contribution >= 0.6 is 0 Å². The van der Waals surface area contributed by atoms with Crippen LogP contribution in [-0.4, -0.2) is 31.5 Å². The molecule has 5 nitrogen and oxygen atoms in total. The van der Waals surface area contributed by atoms with Crippen LogP contribution in [0.2, 0.25) is 0 Å². The van der Waals surface area contributed by atoms with Crippen LogP contribution in [0, 0.1) is 0 Å². The van der Waals surface area contributed by atoms with Gasteiger partial charge in [0.1, 0.15) is 0 Å². The number of ether oxygens (including phenoxy) is 2. The van der Waals surface area contributed by atoms with E-state index < -0.39 is 0 Å². The van der Waals surface area contributed by atoms with Crippen molar-refractivity contribution < 1.29 is 13.9 Å². The normalized spacial score (nSPS) is 11.1. The Morgan fingerprint density at radius 2 is 2.06 bits per heavy atom. The van der Waals surface area contributed by atoms with Gasteiger partial charge >= 0.3 is 5.76 Å². The summed E-state index contributed by atoms with van der Waals surface area (Å²) < 4.78 is 16.9. The average molecular weight is 237 g/mol. The summed E-state index contributed by atoms with van der Waals surface area (Å²) in [5.74, 6) is -0.346. The number of aromatic nitrogens is 1. The average Bonchev–Trinajstić information content (AvgIpc) is 2.65. The summed E-state index contributed by atoms with van der Waals surface area (Å²) in [6, 6.07) is 7.35. The molecule has 17 heavy (non-hydrogen) atoms. The summed E-state index contributed by atoms with van der Waals surface area (Å²) in [6.07, 6.45) is 0. The molecule has 0 saturated carbocycles. The topological polar surface area (TPSA) is 53.6 Å². The van der Waals surface area contributed by atoms with Gasteiger partial charge in [0.25, 0.3) is 0 Å². The third kappa shape index (κ3) is 2.75. The minimum Gasteiger partial charge on any atom is -0.408 e. The second kappa shape index (κ2) is 5.65. The second-order valence-corrected chi connectivity index (χ2v) is 3.59. The maximum absolute atomic E-state index is 11.6. The van der Waals surface area contributed by atoms with E-state index in [4.69, 9.17) is 13.9 Å². The van der Waals surface area contributed by atoms with E-state index in [2.05, 4.69) is 0 Å². The standard InChI is InChI=1S/C12H15NO4/c1-15-8-9-16-7-6-13-10-4-2-3-5-11(10)17-12(13)14/h2-5H,6-9H2,1H3. The van der Waals surface area contributed by atoms with Crippen molar-refractivity contribution in [3.05, 3.63) is 34.8 Å². The minimum atomic E-state index is -0.346. The molecule has 0 unspecified atom stereocenters. The van der Waals surface area contributed by atoms with Crippen molar-refractivity contribution >= 4 is 11.1 Å². The van der Waals surface area contributed by atoms with Crippen LogP contribution < -0.4 is 5.76 Å². The molecule has 2 aromatic rings. The summed E-state index contributed by atoms with van der Waals surface area (Å²) in [7, 11) is 1.62. The largest absolute Gasteiger partial charge is 0.420 e. The molecule has 5 heteroatoms. The van der Waals surface area contributed by atoms with Crippen molar-refractivity contribution in [2.24, 2.45) is 0 Å². The molecule has 92 valence electrons. The van der Waals surface area contributed by atoms with Crippen LogP contribution in [0.25, 0.3) is 11.1 Å². The van der Waals surface area contributed by atoms with Gasteiger partial charge in [0.05, 0.1) is 31.9 Å². The lowest BCUT2D eigenvalue weighted by Crippen LogP contribution is -2.18. The molecular formula is C12H15NO4. The fourth-order valence-corrected chi connectivity index (χ4v) is 1.63. The molecule has 0 aliphatic heterocycles. The van der Waals surface area contributed by atoms with Gasteiger partial charge in [-0.1, -0.05) is 12.1 Å². The molecule has 0 spiro atoms. The van der Waals surface area contributed by atoms with Gasteiger partial charge in [-0.2, -0.15) is 0 Å². The number of nitrogens with zero attached hydrogens (tertiary/aromatic N) is 1. The monoisotopic (exact) mass is 237 g/mol. The number of rotatable bonds is 6. The second-order valence-electron chi connectivity index (χ2n) is 3.59. The predicted octanol–water partition coefficient (Wildman–Crippen LogP) is 1.26. The van der Waals surface area contributed by atoms with E-state index in [-0.39, 0.29) is 5.76 Å². The molecular weight excluding hydrogens is 222 g/mol. The fourth-order valence-electron chi connectivity index (χ4n) is 1.63. The van der Waals surface area contributed by atoms with Crippen LogP contribution in [0.5, 0.6) is 0 Å². The number of hydrogen-bond acceptors (Lipinski definition) is 4. The summed E-state index contributed by atoms with van der Waals surface area (Å²) in [4.78, 5) is 11.6. The zero-order chi connectivity index (χ0) is 12.1. The Kier molecular flexibility index (Phi) is 3.95. The smallest absolute Gasteiger partial charge is 0.408 e. The first-order valence-electron chi connectivity index (χ1n) is 5.48. The third-order valence-corrected chi connectivity index (χ3v) is 2.46. The van der Waals surface area contributed by atoms with Gasteiger partial charge in [-0.05, 0) is 12.1 Å². The Hall–Kier alpha value is -1.59. The van der Waals surface area contributed by atoms with Gasteiger partial charge in [-0.15, -0.1) is 0 Å². The molecule has 2 rings (SSSR count). The molecule has 1 aromatic heterocycles. The van der Waals surface area contributed by atoms with Gasteiger partial charge in [-0.3, -0.25) is 4.57 Å². The molecule has 1 heterocycles. The van der Waals surface area contributed by atoms with Crippen molar-refractivity contribution in [3.8, 4) is 0 Å². The Balaban J connectivity index is 2.03. The zero-order valence-electron chi connectivity index (χ0n) is 9.72. The Bertz CT molecular complexity index is 529. The van der Waals surface area contributed by atoms with E-state index in [1.165, 1.54) is 0 Å². The van der Waals surface area contributed by atoms with Crippen LogP contribution in [0.4, 0.5) is 0 Å². The SMILES string of the molecule is COCCOCCn1c(=O)oc2ccccc21. The Morgan fingerprint density at radius 3 is 2.88 bits per heavy atom. The molecule has 0 saturated heterocycles. The maximum atomic E-state index is 11.6. The van der Waals surface area contributed by atoms with E-state index in [9.17, 15) is 4.79 Å². The number of methoxy groups -OCH3 is 1. The third-order valence-electron chi connectivity index (χ3n) is 2.46. The van der Waals surface area contributed by atoms with Crippen LogP contribution in [-0.2, 0) is 16.0 Å². The molecule has 0 atom stereocenters. The zero-order valence-corrected chi connectivity index (χ0v) is 9.72. The lowest BCUT2D eigenvalue weighted by Gasteiger charge is -2.03. The number of oxazole rings is 1. The number of hydrogen-bond donors (Lipinski definition) is 0. The van der Waals surface area contributed by atoms with Crippen molar-refractivity contribution in [2.75, 3.05) is 26.9 Å². The summed E-state index contributed by atoms with van der Waals surface area (Å²) in [5.41, 5.74) is 1.40. The lowest BCUT2D eigenvalue weighted by molar-refractivity contribution is 0.0663. The van der Waals surface area contributed by atoms with E-state index in [0.717, 1.165) is 5.52 Å². The fraction of sp³-hybridized carbons (Fsp3) is 0.417. The Morgan fingerprint density at radius 1 is 1.24 bits per heavy atom. The quantitative estimate of drug-likeness (QED) is 0.710. The summed E-state index contributed by atoms with van der Waals surface area (Å²) in [6.45, 7) is 2.04.